The molecule has 0 aromatic carbocycles. The molecule has 156 valence electrons. The summed E-state index contributed by atoms with van der Waals surface area (Å²) < 4.78 is 25.3. The largest absolute Gasteiger partial charge is 0.396 e. The molecule has 2 unspecified atom stereocenters. The SMILES string of the molecule is C=C(C)C1CC2(OCC(C)(CO)CO2)C(CC)CC12OCC(C)(CO)CO2. The average molecular weight is 385 g/mol. The molecule has 1 aliphatic carbocycles. The average Bonchev–Trinajstić information content (AvgIpc) is 2.68. The van der Waals surface area contributed by atoms with Gasteiger partial charge in [-0.15, -0.1) is 0 Å². The molecule has 6 heteroatoms. The van der Waals surface area contributed by atoms with Crippen LogP contribution in [0.1, 0.15) is 47.0 Å². The van der Waals surface area contributed by atoms with Crippen LogP contribution in [-0.4, -0.2) is 61.4 Å². The maximum atomic E-state index is 9.64. The van der Waals surface area contributed by atoms with Gasteiger partial charge in [0.2, 0.25) is 0 Å². The lowest BCUT2D eigenvalue weighted by Gasteiger charge is -2.58. The topological polar surface area (TPSA) is 77.4 Å². The summed E-state index contributed by atoms with van der Waals surface area (Å²) in [7, 11) is 0. The molecular weight excluding hydrogens is 348 g/mol. The number of aliphatic hydroxyl groups excluding tert-OH is 2. The molecule has 2 heterocycles. The van der Waals surface area contributed by atoms with Crippen molar-refractivity contribution in [3.8, 4) is 0 Å². The molecule has 0 bridgehead atoms. The Morgan fingerprint density at radius 1 is 0.889 bits per heavy atom. The van der Waals surface area contributed by atoms with Gasteiger partial charge in [0.15, 0.2) is 11.6 Å². The Bertz CT molecular complexity index is 543. The van der Waals surface area contributed by atoms with E-state index in [0.717, 1.165) is 12.0 Å². The van der Waals surface area contributed by atoms with Gasteiger partial charge in [-0.05, 0) is 13.3 Å². The lowest BCUT2D eigenvalue weighted by molar-refractivity contribution is -0.399. The first-order chi connectivity index (χ1) is 12.7. The number of aliphatic hydroxyl groups is 2. The van der Waals surface area contributed by atoms with Crippen molar-refractivity contribution >= 4 is 0 Å². The lowest BCUT2D eigenvalue weighted by atomic mass is 9.68. The summed E-state index contributed by atoms with van der Waals surface area (Å²) in [6.45, 7) is 14.2. The van der Waals surface area contributed by atoms with Gasteiger partial charge in [0, 0.05) is 35.5 Å². The minimum atomic E-state index is -0.739. The molecule has 0 aromatic rings. The van der Waals surface area contributed by atoms with Crippen LogP contribution in [0.2, 0.25) is 0 Å². The predicted octanol–water partition coefficient (Wildman–Crippen LogP) is 2.48. The highest BCUT2D eigenvalue weighted by atomic mass is 16.7. The Labute approximate surface area is 162 Å². The van der Waals surface area contributed by atoms with Gasteiger partial charge in [-0.25, -0.2) is 0 Å². The molecule has 2 N–H and O–H groups in total. The molecule has 2 atom stereocenters. The van der Waals surface area contributed by atoms with Gasteiger partial charge >= 0.3 is 0 Å². The molecule has 27 heavy (non-hydrogen) atoms. The summed E-state index contributed by atoms with van der Waals surface area (Å²) in [6.07, 6.45) is 2.17. The van der Waals surface area contributed by atoms with Crippen LogP contribution in [0.3, 0.4) is 0 Å². The fourth-order valence-electron chi connectivity index (χ4n) is 4.46. The highest BCUT2D eigenvalue weighted by Gasteiger charge is 2.61. The molecule has 2 aliphatic heterocycles. The van der Waals surface area contributed by atoms with Gasteiger partial charge in [0.25, 0.3) is 0 Å². The van der Waals surface area contributed by atoms with Crippen molar-refractivity contribution in [3.05, 3.63) is 12.2 Å². The van der Waals surface area contributed by atoms with Gasteiger partial charge in [-0.3, -0.25) is 0 Å². The van der Waals surface area contributed by atoms with Gasteiger partial charge < -0.3 is 29.2 Å². The van der Waals surface area contributed by atoms with Crippen molar-refractivity contribution in [3.63, 3.8) is 0 Å². The van der Waals surface area contributed by atoms with Gasteiger partial charge in [0.1, 0.15) is 0 Å². The van der Waals surface area contributed by atoms with Gasteiger partial charge in [0.05, 0.1) is 39.6 Å². The lowest BCUT2D eigenvalue weighted by Crippen LogP contribution is -2.65. The second-order valence-electron chi connectivity index (χ2n) is 9.63. The minimum absolute atomic E-state index is 0.0356. The fourth-order valence-corrected chi connectivity index (χ4v) is 4.46. The van der Waals surface area contributed by atoms with E-state index in [2.05, 4.69) is 13.5 Å². The molecule has 2 saturated heterocycles. The Hall–Kier alpha value is -0.500. The number of hydrogen-bond donors (Lipinski definition) is 2. The molecule has 3 rings (SSSR count). The Morgan fingerprint density at radius 3 is 1.70 bits per heavy atom. The van der Waals surface area contributed by atoms with Crippen LogP contribution in [0, 0.1) is 22.7 Å². The maximum absolute atomic E-state index is 9.64. The molecule has 1 saturated carbocycles. The molecule has 0 amide bonds. The third kappa shape index (κ3) is 3.72. The van der Waals surface area contributed by atoms with E-state index in [0.29, 0.717) is 39.3 Å². The summed E-state index contributed by atoms with van der Waals surface area (Å²) in [5.74, 6) is -1.36. The monoisotopic (exact) mass is 384 g/mol. The van der Waals surface area contributed by atoms with E-state index in [1.807, 2.05) is 20.8 Å². The van der Waals surface area contributed by atoms with E-state index < -0.39 is 11.6 Å². The Kier molecular flexibility index (Phi) is 5.81. The van der Waals surface area contributed by atoms with Crippen molar-refractivity contribution in [2.75, 3.05) is 39.6 Å². The van der Waals surface area contributed by atoms with E-state index in [9.17, 15) is 10.2 Å². The van der Waals surface area contributed by atoms with Crippen molar-refractivity contribution in [2.45, 2.75) is 58.5 Å². The summed E-state index contributed by atoms with van der Waals surface area (Å²) in [5.41, 5.74) is 0.250. The Balaban J connectivity index is 1.84. The molecule has 0 radical (unpaired) electrons. The van der Waals surface area contributed by atoms with E-state index in [-0.39, 0.29) is 35.9 Å². The first kappa shape index (κ1) is 21.2. The first-order valence-electron chi connectivity index (χ1n) is 10.1. The molecule has 6 nitrogen and oxygen atoms in total. The van der Waals surface area contributed by atoms with Crippen molar-refractivity contribution in [1.82, 2.24) is 0 Å². The summed E-state index contributed by atoms with van der Waals surface area (Å²) >= 11 is 0. The van der Waals surface area contributed by atoms with Crippen LogP contribution in [0.5, 0.6) is 0 Å². The normalized spacial score (nSPS) is 48.1. The molecule has 2 spiro atoms. The van der Waals surface area contributed by atoms with E-state index in [4.69, 9.17) is 18.9 Å². The third-order valence-corrected chi connectivity index (χ3v) is 6.68. The van der Waals surface area contributed by atoms with E-state index in [1.54, 1.807) is 0 Å². The van der Waals surface area contributed by atoms with Gasteiger partial charge in [-0.1, -0.05) is 32.9 Å². The zero-order chi connectivity index (χ0) is 19.9. The first-order valence-corrected chi connectivity index (χ1v) is 10.1. The highest BCUT2D eigenvalue weighted by molar-refractivity contribution is 5.12. The second kappa shape index (κ2) is 7.39. The highest BCUT2D eigenvalue weighted by Crippen LogP contribution is 2.54. The Morgan fingerprint density at radius 2 is 1.33 bits per heavy atom. The summed E-state index contributed by atoms with van der Waals surface area (Å²) in [6, 6.07) is 0. The molecular formula is C21H36O6. The zero-order valence-corrected chi connectivity index (χ0v) is 17.3. The predicted molar refractivity (Wildman–Crippen MR) is 101 cm³/mol. The van der Waals surface area contributed by atoms with Crippen LogP contribution in [-0.2, 0) is 18.9 Å². The summed E-state index contributed by atoms with van der Waals surface area (Å²) in [5, 5.41) is 19.3. The van der Waals surface area contributed by atoms with Crippen molar-refractivity contribution in [1.29, 1.82) is 0 Å². The minimum Gasteiger partial charge on any atom is -0.396 e. The van der Waals surface area contributed by atoms with Crippen LogP contribution in [0.15, 0.2) is 12.2 Å². The number of rotatable bonds is 4. The van der Waals surface area contributed by atoms with E-state index in [1.165, 1.54) is 0 Å². The van der Waals surface area contributed by atoms with Crippen LogP contribution in [0.25, 0.3) is 0 Å². The summed E-state index contributed by atoms with van der Waals surface area (Å²) in [4.78, 5) is 0. The molecule has 0 aromatic heterocycles. The fraction of sp³-hybridized carbons (Fsp3) is 0.905. The number of hydrogen-bond acceptors (Lipinski definition) is 6. The smallest absolute Gasteiger partial charge is 0.175 e. The van der Waals surface area contributed by atoms with E-state index >= 15 is 0 Å². The van der Waals surface area contributed by atoms with Crippen LogP contribution >= 0.6 is 0 Å². The van der Waals surface area contributed by atoms with Gasteiger partial charge in [-0.2, -0.15) is 0 Å². The molecule has 3 aliphatic rings. The second-order valence-corrected chi connectivity index (χ2v) is 9.63. The maximum Gasteiger partial charge on any atom is 0.175 e. The van der Waals surface area contributed by atoms with Crippen molar-refractivity contribution < 1.29 is 29.2 Å². The quantitative estimate of drug-likeness (QED) is 0.725. The van der Waals surface area contributed by atoms with Crippen LogP contribution in [0.4, 0.5) is 0 Å². The van der Waals surface area contributed by atoms with Crippen molar-refractivity contribution in [2.24, 2.45) is 22.7 Å². The van der Waals surface area contributed by atoms with Crippen LogP contribution < -0.4 is 0 Å². The number of ether oxygens (including phenoxy) is 4. The molecule has 3 fully saturated rings. The third-order valence-electron chi connectivity index (χ3n) is 6.68. The standard InChI is InChI=1S/C21H36O6/c1-6-16-7-21(26-13-19(5,10-23)14-27-21)17(15(2)3)8-20(16)24-11-18(4,9-22)12-25-20/h16-17,22-23H,2,6-14H2,1,3-5H3. The zero-order valence-electron chi connectivity index (χ0n) is 17.3.